The quantitative estimate of drug-likeness (QED) is 0.198. The van der Waals surface area contributed by atoms with Gasteiger partial charge in [0, 0.05) is 31.2 Å². The van der Waals surface area contributed by atoms with Crippen LogP contribution >= 0.6 is 11.6 Å². The molecule has 1 aliphatic rings. The molecule has 1 fully saturated rings. The smallest absolute Gasteiger partial charge is 0.324 e. The SMILES string of the molecule is CCOC(=O)C1CN(C(c2ccccc2)(c2ccccc2)c2ccccc2)CCN1Cc1cccc(Cl)c1. The number of hydrogen-bond donors (Lipinski definition) is 0. The largest absolute Gasteiger partial charge is 0.465 e. The van der Waals surface area contributed by atoms with Gasteiger partial charge in [0.2, 0.25) is 0 Å². The second-order valence-corrected chi connectivity index (χ2v) is 10.1. The number of benzene rings is 4. The van der Waals surface area contributed by atoms with Crippen molar-refractivity contribution in [1.82, 2.24) is 9.80 Å². The molecule has 0 radical (unpaired) electrons. The van der Waals surface area contributed by atoms with Gasteiger partial charge in [0.05, 0.1) is 12.1 Å². The summed E-state index contributed by atoms with van der Waals surface area (Å²) in [5.41, 5.74) is 4.02. The summed E-state index contributed by atoms with van der Waals surface area (Å²) in [6.45, 7) is 4.86. The van der Waals surface area contributed by atoms with Gasteiger partial charge in [-0.15, -0.1) is 0 Å². The molecule has 4 nitrogen and oxygen atoms in total. The first-order valence-electron chi connectivity index (χ1n) is 13.2. The van der Waals surface area contributed by atoms with Crippen LogP contribution in [0.15, 0.2) is 115 Å². The number of rotatable bonds is 8. The summed E-state index contributed by atoms with van der Waals surface area (Å²) in [4.78, 5) is 18.1. The highest BCUT2D eigenvalue weighted by molar-refractivity contribution is 6.30. The van der Waals surface area contributed by atoms with Gasteiger partial charge >= 0.3 is 5.97 Å². The lowest BCUT2D eigenvalue weighted by Crippen LogP contribution is -2.62. The zero-order valence-corrected chi connectivity index (χ0v) is 22.4. The van der Waals surface area contributed by atoms with Crippen molar-refractivity contribution in [3.63, 3.8) is 0 Å². The Hall–Kier alpha value is -3.44. The lowest BCUT2D eigenvalue weighted by atomic mass is 9.75. The molecule has 1 aliphatic heterocycles. The minimum Gasteiger partial charge on any atom is -0.465 e. The second-order valence-electron chi connectivity index (χ2n) is 9.62. The number of esters is 1. The van der Waals surface area contributed by atoms with E-state index < -0.39 is 11.6 Å². The molecule has 0 saturated carbocycles. The Balaban J connectivity index is 1.61. The van der Waals surface area contributed by atoms with Crippen molar-refractivity contribution in [2.75, 3.05) is 26.2 Å². The van der Waals surface area contributed by atoms with Crippen molar-refractivity contribution in [3.8, 4) is 0 Å². The maximum absolute atomic E-state index is 13.4. The Kier molecular flexibility index (Phi) is 8.23. The van der Waals surface area contributed by atoms with E-state index in [1.807, 2.05) is 25.1 Å². The van der Waals surface area contributed by atoms with Crippen LogP contribution in [0.5, 0.6) is 0 Å². The maximum atomic E-state index is 13.4. The summed E-state index contributed by atoms with van der Waals surface area (Å²) < 4.78 is 5.62. The molecule has 194 valence electrons. The fourth-order valence-corrected chi connectivity index (χ4v) is 5.94. The van der Waals surface area contributed by atoms with Gasteiger partial charge < -0.3 is 4.74 Å². The third kappa shape index (κ3) is 5.25. The van der Waals surface area contributed by atoms with Crippen LogP contribution in [0.2, 0.25) is 5.02 Å². The molecule has 4 aromatic carbocycles. The molecule has 0 aromatic heterocycles. The first-order valence-corrected chi connectivity index (χ1v) is 13.6. The molecule has 0 amide bonds. The number of piperazine rings is 1. The second kappa shape index (κ2) is 12.0. The molecule has 5 heteroatoms. The Morgan fingerprint density at radius 2 is 1.37 bits per heavy atom. The number of carbonyl (C=O) groups is 1. The molecule has 1 heterocycles. The van der Waals surface area contributed by atoms with E-state index in [1.165, 1.54) is 16.7 Å². The predicted molar refractivity (Wildman–Crippen MR) is 153 cm³/mol. The minimum atomic E-state index is -0.573. The first kappa shape index (κ1) is 26.2. The molecule has 38 heavy (non-hydrogen) atoms. The molecule has 0 aliphatic carbocycles. The van der Waals surface area contributed by atoms with E-state index in [-0.39, 0.29) is 5.97 Å². The summed E-state index contributed by atoms with van der Waals surface area (Å²) in [5, 5.41) is 0.699. The topological polar surface area (TPSA) is 32.8 Å². The minimum absolute atomic E-state index is 0.192. The van der Waals surface area contributed by atoms with Crippen molar-refractivity contribution in [2.45, 2.75) is 25.0 Å². The number of carbonyl (C=O) groups excluding carboxylic acids is 1. The molecular weight excluding hydrogens is 492 g/mol. The number of ether oxygens (including phenoxy) is 1. The van der Waals surface area contributed by atoms with Crippen LogP contribution in [0, 0.1) is 0 Å². The lowest BCUT2D eigenvalue weighted by Gasteiger charge is -2.51. The average Bonchev–Trinajstić information content (AvgIpc) is 2.96. The highest BCUT2D eigenvalue weighted by atomic mass is 35.5. The van der Waals surface area contributed by atoms with E-state index in [9.17, 15) is 4.79 Å². The summed E-state index contributed by atoms with van der Waals surface area (Å²) in [6, 6.07) is 39.3. The maximum Gasteiger partial charge on any atom is 0.324 e. The van der Waals surface area contributed by atoms with E-state index in [4.69, 9.17) is 16.3 Å². The summed E-state index contributed by atoms with van der Waals surface area (Å²) in [5.74, 6) is -0.192. The summed E-state index contributed by atoms with van der Waals surface area (Å²) in [6.07, 6.45) is 0. The molecule has 0 bridgehead atoms. The third-order valence-corrected chi connectivity index (χ3v) is 7.61. The van der Waals surface area contributed by atoms with Crippen LogP contribution in [0.3, 0.4) is 0 Å². The molecule has 1 unspecified atom stereocenters. The monoisotopic (exact) mass is 524 g/mol. The number of hydrogen-bond acceptors (Lipinski definition) is 4. The van der Waals surface area contributed by atoms with Gasteiger partial charge in [-0.1, -0.05) is 115 Å². The zero-order valence-electron chi connectivity index (χ0n) is 21.7. The van der Waals surface area contributed by atoms with Crippen LogP contribution in [0.4, 0.5) is 0 Å². The lowest BCUT2D eigenvalue weighted by molar-refractivity contribution is -0.153. The number of nitrogens with zero attached hydrogens (tertiary/aromatic N) is 2. The summed E-state index contributed by atoms with van der Waals surface area (Å²) >= 11 is 6.28. The first-order chi connectivity index (χ1) is 18.6. The van der Waals surface area contributed by atoms with Crippen molar-refractivity contribution in [2.24, 2.45) is 0 Å². The zero-order chi connectivity index (χ0) is 26.4. The van der Waals surface area contributed by atoms with E-state index >= 15 is 0 Å². The van der Waals surface area contributed by atoms with Gasteiger partial charge in [0.1, 0.15) is 6.04 Å². The van der Waals surface area contributed by atoms with Crippen molar-refractivity contribution in [3.05, 3.63) is 143 Å². The molecule has 1 atom stereocenters. The molecule has 5 rings (SSSR count). The molecule has 1 saturated heterocycles. The van der Waals surface area contributed by atoms with E-state index in [0.29, 0.717) is 31.3 Å². The van der Waals surface area contributed by atoms with E-state index in [2.05, 4.69) is 107 Å². The van der Waals surface area contributed by atoms with Gasteiger partial charge in [-0.25, -0.2) is 0 Å². The van der Waals surface area contributed by atoms with Gasteiger partial charge in [-0.2, -0.15) is 0 Å². The Labute approximate surface area is 230 Å². The fourth-order valence-electron chi connectivity index (χ4n) is 5.73. The standard InChI is InChI=1S/C33H33ClN2O2/c1-2-38-32(37)31-25-36(22-21-35(31)24-26-13-12-20-30(34)23-26)33(27-14-6-3-7-15-27,28-16-8-4-9-17-28)29-18-10-5-11-19-29/h3-20,23,31H,2,21-22,24-25H2,1H3. The highest BCUT2D eigenvalue weighted by Gasteiger charge is 2.46. The van der Waals surface area contributed by atoms with E-state index in [0.717, 1.165) is 12.1 Å². The normalized spacial score (nSPS) is 16.7. The molecule has 0 N–H and O–H groups in total. The Morgan fingerprint density at radius 3 is 1.87 bits per heavy atom. The van der Waals surface area contributed by atoms with Gasteiger partial charge in [-0.05, 0) is 41.3 Å². The van der Waals surface area contributed by atoms with Crippen molar-refractivity contribution in [1.29, 1.82) is 0 Å². The highest BCUT2D eigenvalue weighted by Crippen LogP contribution is 2.43. The van der Waals surface area contributed by atoms with Crippen LogP contribution in [0.25, 0.3) is 0 Å². The summed E-state index contributed by atoms with van der Waals surface area (Å²) in [7, 11) is 0. The van der Waals surface area contributed by atoms with Crippen LogP contribution in [0.1, 0.15) is 29.2 Å². The third-order valence-electron chi connectivity index (χ3n) is 7.37. The molecule has 4 aromatic rings. The van der Waals surface area contributed by atoms with Crippen molar-refractivity contribution < 1.29 is 9.53 Å². The Morgan fingerprint density at radius 1 is 0.816 bits per heavy atom. The Bertz CT molecular complexity index is 1230. The van der Waals surface area contributed by atoms with Gasteiger partial charge in [0.25, 0.3) is 0 Å². The average molecular weight is 525 g/mol. The molecular formula is C33H33ClN2O2. The molecule has 0 spiro atoms. The van der Waals surface area contributed by atoms with Crippen LogP contribution < -0.4 is 0 Å². The predicted octanol–water partition coefficient (Wildman–Crippen LogP) is 6.38. The van der Waals surface area contributed by atoms with Crippen LogP contribution in [-0.2, 0) is 21.6 Å². The van der Waals surface area contributed by atoms with Gasteiger partial charge in [0.15, 0.2) is 0 Å². The number of halogens is 1. The fraction of sp³-hybridized carbons (Fsp3) is 0.242. The van der Waals surface area contributed by atoms with Crippen LogP contribution in [-0.4, -0.2) is 48.1 Å². The van der Waals surface area contributed by atoms with E-state index in [1.54, 1.807) is 0 Å². The van der Waals surface area contributed by atoms with Crippen molar-refractivity contribution >= 4 is 17.6 Å². The van der Waals surface area contributed by atoms with Gasteiger partial charge in [-0.3, -0.25) is 14.6 Å².